The molecule has 1 aromatic heterocycles. The predicted molar refractivity (Wildman–Crippen MR) is 86.6 cm³/mol. The van der Waals surface area contributed by atoms with Gasteiger partial charge in [0.25, 0.3) is 0 Å². The maximum atomic E-state index is 6.16. The van der Waals surface area contributed by atoms with Crippen LogP contribution in [-0.4, -0.2) is 16.3 Å². The summed E-state index contributed by atoms with van der Waals surface area (Å²) < 4.78 is 2.07. The van der Waals surface area contributed by atoms with Crippen molar-refractivity contribution in [1.29, 1.82) is 0 Å². The molecule has 2 aromatic rings. The first-order chi connectivity index (χ1) is 10.3. The van der Waals surface area contributed by atoms with Crippen LogP contribution in [0.15, 0.2) is 24.3 Å². The van der Waals surface area contributed by atoms with E-state index in [-0.39, 0.29) is 0 Å². The van der Waals surface area contributed by atoms with Gasteiger partial charge >= 0.3 is 0 Å². The number of aromatic nitrogens is 2. The van der Waals surface area contributed by atoms with Crippen molar-refractivity contribution in [3.8, 4) is 5.69 Å². The number of hydrogen-bond donors (Lipinski definition) is 1. The summed E-state index contributed by atoms with van der Waals surface area (Å²) >= 11 is 6.16. The fourth-order valence-corrected chi connectivity index (χ4v) is 3.52. The highest BCUT2D eigenvalue weighted by molar-refractivity contribution is 6.30. The Morgan fingerprint density at radius 1 is 1.19 bits per heavy atom. The van der Waals surface area contributed by atoms with E-state index in [1.807, 2.05) is 18.2 Å². The molecule has 1 N–H and O–H groups in total. The maximum absolute atomic E-state index is 6.16. The zero-order chi connectivity index (χ0) is 14.2. The zero-order valence-corrected chi connectivity index (χ0v) is 12.9. The van der Waals surface area contributed by atoms with Crippen LogP contribution in [0, 0.1) is 0 Å². The minimum atomic E-state index is 0.666. The molecule has 1 aromatic carbocycles. The summed E-state index contributed by atoms with van der Waals surface area (Å²) in [6.07, 6.45) is 7.55. The van der Waals surface area contributed by atoms with Gasteiger partial charge in [-0.1, -0.05) is 24.1 Å². The van der Waals surface area contributed by atoms with Gasteiger partial charge < -0.3 is 5.32 Å². The second kappa shape index (κ2) is 5.38. The Hall–Kier alpha value is -1.48. The van der Waals surface area contributed by atoms with Gasteiger partial charge in [0.15, 0.2) is 0 Å². The van der Waals surface area contributed by atoms with E-state index in [0.29, 0.717) is 5.92 Å². The average Bonchev–Trinajstić information content (AvgIpc) is 2.62. The molecule has 2 heterocycles. The molecule has 1 fully saturated rings. The molecule has 1 aliphatic carbocycles. The Morgan fingerprint density at radius 3 is 2.86 bits per heavy atom. The van der Waals surface area contributed by atoms with Crippen molar-refractivity contribution >= 4 is 17.4 Å². The molecule has 0 amide bonds. The molecule has 0 atom stereocenters. The fourth-order valence-electron chi connectivity index (χ4n) is 3.33. The van der Waals surface area contributed by atoms with Crippen LogP contribution in [0.5, 0.6) is 0 Å². The van der Waals surface area contributed by atoms with Crippen LogP contribution in [0.2, 0.25) is 5.02 Å². The lowest BCUT2D eigenvalue weighted by Crippen LogP contribution is -2.11. The van der Waals surface area contributed by atoms with Gasteiger partial charge in [-0.3, -0.25) is 0 Å². The van der Waals surface area contributed by atoms with Gasteiger partial charge in [-0.25, -0.2) is 4.68 Å². The van der Waals surface area contributed by atoms with E-state index in [1.165, 1.54) is 49.2 Å². The number of hydrogen-bond acceptors (Lipinski definition) is 2. The molecule has 4 rings (SSSR count). The molecule has 21 heavy (non-hydrogen) atoms. The molecule has 0 bridgehead atoms. The molecule has 2 aliphatic rings. The van der Waals surface area contributed by atoms with E-state index in [1.54, 1.807) is 0 Å². The Kier molecular flexibility index (Phi) is 3.38. The number of anilines is 1. The molecule has 4 heteroatoms. The lowest BCUT2D eigenvalue weighted by Gasteiger charge is -2.24. The van der Waals surface area contributed by atoms with E-state index >= 15 is 0 Å². The van der Waals surface area contributed by atoms with Gasteiger partial charge in [-0.15, -0.1) is 0 Å². The summed E-state index contributed by atoms with van der Waals surface area (Å²) in [6, 6.07) is 7.97. The second-order valence-corrected chi connectivity index (χ2v) is 6.55. The first-order valence-corrected chi connectivity index (χ1v) is 8.32. The van der Waals surface area contributed by atoms with Gasteiger partial charge in [-0.2, -0.15) is 5.10 Å². The highest BCUT2D eigenvalue weighted by Crippen LogP contribution is 2.41. The maximum Gasteiger partial charge on any atom is 0.133 e. The van der Waals surface area contributed by atoms with Gasteiger partial charge in [0, 0.05) is 23.0 Å². The van der Waals surface area contributed by atoms with Crippen molar-refractivity contribution in [3.63, 3.8) is 0 Å². The highest BCUT2D eigenvalue weighted by Gasteiger charge is 2.29. The molecule has 1 saturated carbocycles. The average molecular weight is 302 g/mol. The Balaban J connectivity index is 1.84. The van der Waals surface area contributed by atoms with Crippen LogP contribution < -0.4 is 5.32 Å². The molecule has 0 radical (unpaired) electrons. The highest BCUT2D eigenvalue weighted by atomic mass is 35.5. The summed E-state index contributed by atoms with van der Waals surface area (Å²) in [7, 11) is 0. The monoisotopic (exact) mass is 301 g/mol. The normalized spacial score (nSPS) is 18.5. The minimum absolute atomic E-state index is 0.666. The first kappa shape index (κ1) is 13.2. The third kappa shape index (κ3) is 2.34. The number of fused-ring (bicyclic) bond motifs is 1. The number of nitrogens with one attached hydrogen (secondary N) is 1. The Bertz CT molecular complexity index is 658. The van der Waals surface area contributed by atoms with Crippen molar-refractivity contribution in [2.75, 3.05) is 11.9 Å². The third-order valence-corrected chi connectivity index (χ3v) is 4.94. The molecule has 1 aliphatic heterocycles. The van der Waals surface area contributed by atoms with E-state index in [2.05, 4.69) is 16.1 Å². The molecular formula is C17H20ClN3. The van der Waals surface area contributed by atoms with Crippen molar-refractivity contribution in [2.45, 2.75) is 44.4 Å². The quantitative estimate of drug-likeness (QED) is 0.882. The number of benzene rings is 1. The second-order valence-electron chi connectivity index (χ2n) is 6.12. The van der Waals surface area contributed by atoms with E-state index in [0.717, 1.165) is 23.7 Å². The van der Waals surface area contributed by atoms with E-state index in [4.69, 9.17) is 16.7 Å². The largest absolute Gasteiger partial charge is 0.370 e. The number of rotatable bonds is 2. The predicted octanol–water partition coefficient (Wildman–Crippen LogP) is 4.54. The molecular weight excluding hydrogens is 282 g/mol. The summed E-state index contributed by atoms with van der Waals surface area (Å²) in [5.74, 6) is 1.86. The number of halogens is 1. The third-order valence-electron chi connectivity index (χ3n) is 4.71. The van der Waals surface area contributed by atoms with Gasteiger partial charge in [0.05, 0.1) is 11.4 Å². The summed E-state index contributed by atoms with van der Waals surface area (Å²) in [4.78, 5) is 0. The molecule has 3 nitrogen and oxygen atoms in total. The SMILES string of the molecule is Clc1cccc(-n2nc(C3CCC3)c3c2NCCCC3)c1. The minimum Gasteiger partial charge on any atom is -0.370 e. The van der Waals surface area contributed by atoms with Gasteiger partial charge in [0.2, 0.25) is 0 Å². The van der Waals surface area contributed by atoms with Crippen molar-refractivity contribution < 1.29 is 0 Å². The van der Waals surface area contributed by atoms with Crippen LogP contribution in [0.25, 0.3) is 5.69 Å². The van der Waals surface area contributed by atoms with Crippen molar-refractivity contribution in [3.05, 3.63) is 40.5 Å². The van der Waals surface area contributed by atoms with Crippen molar-refractivity contribution in [1.82, 2.24) is 9.78 Å². The molecule has 0 saturated heterocycles. The molecule has 0 unspecified atom stereocenters. The van der Waals surface area contributed by atoms with Gasteiger partial charge in [0.1, 0.15) is 5.82 Å². The van der Waals surface area contributed by atoms with Crippen LogP contribution in [0.1, 0.15) is 49.3 Å². The van der Waals surface area contributed by atoms with E-state index < -0.39 is 0 Å². The summed E-state index contributed by atoms with van der Waals surface area (Å²) in [5.41, 5.74) is 3.82. The first-order valence-electron chi connectivity index (χ1n) is 7.94. The number of nitrogens with zero attached hydrogens (tertiary/aromatic N) is 2. The van der Waals surface area contributed by atoms with Crippen molar-refractivity contribution in [2.24, 2.45) is 0 Å². The summed E-state index contributed by atoms with van der Waals surface area (Å²) in [6.45, 7) is 1.03. The van der Waals surface area contributed by atoms with Gasteiger partial charge in [-0.05, 0) is 50.3 Å². The van der Waals surface area contributed by atoms with Crippen LogP contribution in [-0.2, 0) is 6.42 Å². The van der Waals surface area contributed by atoms with E-state index in [9.17, 15) is 0 Å². The smallest absolute Gasteiger partial charge is 0.133 e. The topological polar surface area (TPSA) is 29.9 Å². The van der Waals surface area contributed by atoms with Crippen LogP contribution in [0.4, 0.5) is 5.82 Å². The molecule has 0 spiro atoms. The molecule has 110 valence electrons. The standard InChI is InChI=1S/C17H20ClN3/c18-13-7-4-8-14(11-13)21-17-15(9-1-2-10-19-17)16(20-21)12-5-3-6-12/h4,7-8,11-12,19H,1-3,5-6,9-10H2. The Labute approximate surface area is 130 Å². The summed E-state index contributed by atoms with van der Waals surface area (Å²) in [5, 5.41) is 9.31. The Morgan fingerprint density at radius 2 is 2.10 bits per heavy atom. The fraction of sp³-hybridized carbons (Fsp3) is 0.471. The van der Waals surface area contributed by atoms with Crippen LogP contribution >= 0.6 is 11.6 Å². The zero-order valence-electron chi connectivity index (χ0n) is 12.1. The lowest BCUT2D eigenvalue weighted by atomic mass is 9.81. The lowest BCUT2D eigenvalue weighted by molar-refractivity contribution is 0.406. The van der Waals surface area contributed by atoms with Crippen LogP contribution in [0.3, 0.4) is 0 Å².